The van der Waals surface area contributed by atoms with Crippen LogP contribution in [-0.4, -0.2) is 14.7 Å². The van der Waals surface area contributed by atoms with Crippen molar-refractivity contribution in [2.24, 2.45) is 0 Å². The van der Waals surface area contributed by atoms with Crippen LogP contribution in [0.4, 0.5) is 0 Å². The Morgan fingerprint density at radius 2 is 2.29 bits per heavy atom. The third-order valence-corrected chi connectivity index (χ3v) is 3.60. The standard InChI is InChI=1S/C13H13BrN2O/c14-10-4-1-3-9(7-10)11-8-16-6-2-5-12(17)13(16)15-11/h1,3-4,7-8,12,17H,2,5-6H2/t12-/m0/s1. The van der Waals surface area contributed by atoms with Crippen LogP contribution in [0.25, 0.3) is 11.3 Å². The van der Waals surface area contributed by atoms with Crippen LogP contribution < -0.4 is 0 Å². The van der Waals surface area contributed by atoms with E-state index in [1.165, 1.54) is 0 Å². The molecule has 2 heterocycles. The van der Waals surface area contributed by atoms with Crippen molar-refractivity contribution in [3.63, 3.8) is 0 Å². The smallest absolute Gasteiger partial charge is 0.138 e. The summed E-state index contributed by atoms with van der Waals surface area (Å²) < 4.78 is 3.10. The Morgan fingerprint density at radius 3 is 3.06 bits per heavy atom. The zero-order valence-electron chi connectivity index (χ0n) is 9.31. The van der Waals surface area contributed by atoms with Crippen molar-refractivity contribution in [3.05, 3.63) is 40.8 Å². The highest BCUT2D eigenvalue weighted by Gasteiger charge is 2.20. The molecule has 0 aliphatic carbocycles. The molecule has 0 unspecified atom stereocenters. The molecule has 17 heavy (non-hydrogen) atoms. The largest absolute Gasteiger partial charge is 0.385 e. The first-order valence-corrected chi connectivity index (χ1v) is 6.54. The van der Waals surface area contributed by atoms with Gasteiger partial charge in [-0.25, -0.2) is 4.98 Å². The van der Waals surface area contributed by atoms with Gasteiger partial charge in [0.05, 0.1) is 5.69 Å². The lowest BCUT2D eigenvalue weighted by Gasteiger charge is -2.18. The number of hydrogen-bond acceptors (Lipinski definition) is 2. The molecule has 88 valence electrons. The highest BCUT2D eigenvalue weighted by atomic mass is 79.9. The van der Waals surface area contributed by atoms with E-state index in [0.29, 0.717) is 0 Å². The SMILES string of the molecule is O[C@H]1CCCn2cc(-c3cccc(Br)c3)nc21. The second kappa shape index (κ2) is 4.27. The minimum Gasteiger partial charge on any atom is -0.385 e. The Bertz CT molecular complexity index is 550. The first-order chi connectivity index (χ1) is 8.24. The van der Waals surface area contributed by atoms with E-state index in [2.05, 4.69) is 25.5 Å². The van der Waals surface area contributed by atoms with Crippen molar-refractivity contribution in [1.29, 1.82) is 0 Å². The van der Waals surface area contributed by atoms with Gasteiger partial charge in [-0.1, -0.05) is 28.1 Å². The molecule has 2 aromatic rings. The molecule has 1 aromatic carbocycles. The number of halogens is 1. The van der Waals surface area contributed by atoms with Crippen LogP contribution in [0.2, 0.25) is 0 Å². The predicted octanol–water partition coefficient (Wildman–Crippen LogP) is 3.14. The fourth-order valence-electron chi connectivity index (χ4n) is 2.25. The number of nitrogens with zero attached hydrogens (tertiary/aromatic N) is 2. The van der Waals surface area contributed by atoms with E-state index < -0.39 is 6.10 Å². The molecule has 1 N–H and O–H groups in total. The van der Waals surface area contributed by atoms with Crippen molar-refractivity contribution in [2.45, 2.75) is 25.5 Å². The molecule has 3 rings (SSSR count). The summed E-state index contributed by atoms with van der Waals surface area (Å²) in [7, 11) is 0. The molecule has 0 fully saturated rings. The first kappa shape index (κ1) is 11.0. The number of imidazole rings is 1. The van der Waals surface area contributed by atoms with Crippen molar-refractivity contribution in [1.82, 2.24) is 9.55 Å². The van der Waals surface area contributed by atoms with E-state index in [9.17, 15) is 5.11 Å². The first-order valence-electron chi connectivity index (χ1n) is 5.75. The van der Waals surface area contributed by atoms with Gasteiger partial charge in [0.25, 0.3) is 0 Å². The lowest BCUT2D eigenvalue weighted by atomic mass is 10.1. The molecule has 1 aromatic heterocycles. The van der Waals surface area contributed by atoms with Crippen molar-refractivity contribution in [3.8, 4) is 11.3 Å². The fraction of sp³-hybridized carbons (Fsp3) is 0.308. The van der Waals surface area contributed by atoms with E-state index in [-0.39, 0.29) is 0 Å². The molecule has 4 heteroatoms. The second-order valence-corrected chi connectivity index (χ2v) is 5.26. The minimum atomic E-state index is -0.412. The van der Waals surface area contributed by atoms with Gasteiger partial charge in [0.15, 0.2) is 0 Å². The van der Waals surface area contributed by atoms with Gasteiger partial charge in [-0.2, -0.15) is 0 Å². The quantitative estimate of drug-likeness (QED) is 0.877. The predicted molar refractivity (Wildman–Crippen MR) is 69.6 cm³/mol. The molecule has 0 radical (unpaired) electrons. The van der Waals surface area contributed by atoms with E-state index in [4.69, 9.17) is 0 Å². The van der Waals surface area contributed by atoms with Gasteiger partial charge < -0.3 is 9.67 Å². The molecule has 1 atom stereocenters. The summed E-state index contributed by atoms with van der Waals surface area (Å²) >= 11 is 3.46. The van der Waals surface area contributed by atoms with Gasteiger partial charge in [-0.3, -0.25) is 0 Å². The summed E-state index contributed by atoms with van der Waals surface area (Å²) in [5, 5.41) is 9.88. The number of rotatable bonds is 1. The summed E-state index contributed by atoms with van der Waals surface area (Å²) in [4.78, 5) is 4.54. The molecule has 3 nitrogen and oxygen atoms in total. The summed E-state index contributed by atoms with van der Waals surface area (Å²) in [5.41, 5.74) is 2.01. The van der Waals surface area contributed by atoms with Crippen LogP contribution >= 0.6 is 15.9 Å². The van der Waals surface area contributed by atoms with Gasteiger partial charge in [0, 0.05) is 22.8 Å². The molecule has 1 aliphatic rings. The maximum absolute atomic E-state index is 9.88. The average Bonchev–Trinajstić information content (AvgIpc) is 2.74. The highest BCUT2D eigenvalue weighted by Crippen LogP contribution is 2.28. The topological polar surface area (TPSA) is 38.0 Å². The van der Waals surface area contributed by atoms with Crippen LogP contribution in [0, 0.1) is 0 Å². The number of hydrogen-bond donors (Lipinski definition) is 1. The number of benzene rings is 1. The van der Waals surface area contributed by atoms with E-state index in [1.807, 2.05) is 30.5 Å². The molecule has 1 aliphatic heterocycles. The van der Waals surface area contributed by atoms with Crippen molar-refractivity contribution >= 4 is 15.9 Å². The molecular weight excluding hydrogens is 280 g/mol. The zero-order chi connectivity index (χ0) is 11.8. The van der Waals surface area contributed by atoms with Crippen LogP contribution in [-0.2, 0) is 6.54 Å². The molecule has 0 saturated heterocycles. The van der Waals surface area contributed by atoms with Crippen LogP contribution in [0.15, 0.2) is 34.9 Å². The van der Waals surface area contributed by atoms with E-state index in [1.54, 1.807) is 0 Å². The minimum absolute atomic E-state index is 0.412. The Kier molecular flexibility index (Phi) is 2.76. The van der Waals surface area contributed by atoms with Crippen LogP contribution in [0.5, 0.6) is 0 Å². The second-order valence-electron chi connectivity index (χ2n) is 4.35. The summed E-state index contributed by atoms with van der Waals surface area (Å²) in [5.74, 6) is 0.797. The summed E-state index contributed by atoms with van der Waals surface area (Å²) in [6.07, 6.45) is 3.45. The lowest BCUT2D eigenvalue weighted by molar-refractivity contribution is 0.134. The van der Waals surface area contributed by atoms with E-state index >= 15 is 0 Å². The molecule has 0 amide bonds. The van der Waals surface area contributed by atoms with Gasteiger partial charge >= 0.3 is 0 Å². The van der Waals surface area contributed by atoms with Gasteiger partial charge in [0.2, 0.25) is 0 Å². The number of aromatic nitrogens is 2. The Morgan fingerprint density at radius 1 is 1.41 bits per heavy atom. The third-order valence-electron chi connectivity index (χ3n) is 3.10. The Hall–Kier alpha value is -1.13. The number of aliphatic hydroxyl groups excluding tert-OH is 1. The summed E-state index contributed by atoms with van der Waals surface area (Å²) in [6, 6.07) is 8.06. The summed E-state index contributed by atoms with van der Waals surface area (Å²) in [6.45, 7) is 0.952. The number of aryl methyl sites for hydroxylation is 1. The zero-order valence-corrected chi connectivity index (χ0v) is 10.9. The maximum atomic E-state index is 9.88. The van der Waals surface area contributed by atoms with Gasteiger partial charge in [0.1, 0.15) is 11.9 Å². The number of fused-ring (bicyclic) bond motifs is 1. The van der Waals surface area contributed by atoms with Crippen molar-refractivity contribution in [2.75, 3.05) is 0 Å². The Balaban J connectivity index is 2.05. The molecule has 0 spiro atoms. The molecule has 0 bridgehead atoms. The molecule has 0 saturated carbocycles. The monoisotopic (exact) mass is 292 g/mol. The van der Waals surface area contributed by atoms with Crippen molar-refractivity contribution < 1.29 is 5.11 Å². The van der Waals surface area contributed by atoms with Crippen LogP contribution in [0.1, 0.15) is 24.8 Å². The maximum Gasteiger partial charge on any atom is 0.138 e. The fourth-order valence-corrected chi connectivity index (χ4v) is 2.65. The lowest BCUT2D eigenvalue weighted by Crippen LogP contribution is -2.14. The normalized spacial score (nSPS) is 19.1. The van der Waals surface area contributed by atoms with Gasteiger partial charge in [-0.15, -0.1) is 0 Å². The molecular formula is C13H13BrN2O. The Labute approximate surface area is 108 Å². The van der Waals surface area contributed by atoms with E-state index in [0.717, 1.165) is 40.9 Å². The van der Waals surface area contributed by atoms with Gasteiger partial charge in [-0.05, 0) is 25.0 Å². The highest BCUT2D eigenvalue weighted by molar-refractivity contribution is 9.10. The van der Waals surface area contributed by atoms with Crippen LogP contribution in [0.3, 0.4) is 0 Å². The number of aliphatic hydroxyl groups is 1. The average molecular weight is 293 g/mol. The third kappa shape index (κ3) is 2.03.